The van der Waals surface area contributed by atoms with E-state index in [-0.39, 0.29) is 11.9 Å². The summed E-state index contributed by atoms with van der Waals surface area (Å²) in [6.45, 7) is 2.25. The second kappa shape index (κ2) is 4.51. The molecule has 0 aliphatic carbocycles. The van der Waals surface area contributed by atoms with Crippen molar-refractivity contribution in [2.75, 3.05) is 6.54 Å². The molecule has 0 bridgehead atoms. The molecule has 0 unspecified atom stereocenters. The lowest BCUT2D eigenvalue weighted by molar-refractivity contribution is 0.0936. The molecule has 70 valence electrons. The molecular formula is C8H12N4O. The van der Waals surface area contributed by atoms with Gasteiger partial charge in [0.2, 0.25) is 0 Å². The Morgan fingerprint density at radius 1 is 1.77 bits per heavy atom. The van der Waals surface area contributed by atoms with Crippen molar-refractivity contribution in [3.63, 3.8) is 0 Å². The van der Waals surface area contributed by atoms with Crippen LogP contribution < -0.4 is 11.1 Å². The highest BCUT2D eigenvalue weighted by Crippen LogP contribution is 1.91. The number of rotatable bonds is 3. The van der Waals surface area contributed by atoms with Gasteiger partial charge in [-0.1, -0.05) is 0 Å². The van der Waals surface area contributed by atoms with Crippen LogP contribution in [0.15, 0.2) is 18.6 Å². The zero-order valence-electron chi connectivity index (χ0n) is 7.40. The molecule has 0 saturated heterocycles. The summed E-state index contributed by atoms with van der Waals surface area (Å²) in [7, 11) is 0. The molecule has 0 spiro atoms. The minimum Gasteiger partial charge on any atom is -0.347 e. The maximum absolute atomic E-state index is 11.4. The van der Waals surface area contributed by atoms with E-state index in [0.717, 1.165) is 0 Å². The Balaban J connectivity index is 2.59. The molecule has 1 heterocycles. The monoisotopic (exact) mass is 180 g/mol. The van der Waals surface area contributed by atoms with Crippen LogP contribution in [0.3, 0.4) is 0 Å². The smallest absolute Gasteiger partial charge is 0.270 e. The van der Waals surface area contributed by atoms with Crippen molar-refractivity contribution in [3.8, 4) is 0 Å². The van der Waals surface area contributed by atoms with Gasteiger partial charge in [0.05, 0.1) is 0 Å². The predicted molar refractivity (Wildman–Crippen MR) is 48.0 cm³/mol. The summed E-state index contributed by atoms with van der Waals surface area (Å²) in [5.74, 6) is -0.222. The third-order valence-electron chi connectivity index (χ3n) is 1.55. The number of hydrogen-bond donors (Lipinski definition) is 2. The number of aromatic nitrogens is 2. The molecule has 0 fully saturated rings. The third-order valence-corrected chi connectivity index (χ3v) is 1.55. The van der Waals surface area contributed by atoms with E-state index < -0.39 is 0 Å². The summed E-state index contributed by atoms with van der Waals surface area (Å²) in [6, 6.07) is 1.51. The number of nitrogens with two attached hydrogens (primary N) is 1. The molecule has 0 radical (unpaired) electrons. The second-order valence-electron chi connectivity index (χ2n) is 2.70. The summed E-state index contributed by atoms with van der Waals surface area (Å²) >= 11 is 0. The van der Waals surface area contributed by atoms with Gasteiger partial charge < -0.3 is 11.1 Å². The zero-order valence-corrected chi connectivity index (χ0v) is 7.40. The van der Waals surface area contributed by atoms with Gasteiger partial charge in [-0.05, 0) is 13.0 Å². The van der Waals surface area contributed by atoms with Crippen molar-refractivity contribution in [2.24, 2.45) is 5.73 Å². The van der Waals surface area contributed by atoms with Crippen molar-refractivity contribution >= 4 is 5.91 Å². The molecule has 1 aromatic rings. The van der Waals surface area contributed by atoms with Crippen molar-refractivity contribution in [1.29, 1.82) is 0 Å². The molecule has 3 N–H and O–H groups in total. The Labute approximate surface area is 76.4 Å². The van der Waals surface area contributed by atoms with E-state index in [1.54, 1.807) is 6.07 Å². The van der Waals surface area contributed by atoms with Crippen molar-refractivity contribution in [2.45, 2.75) is 13.0 Å². The van der Waals surface area contributed by atoms with Crippen LogP contribution in [0, 0.1) is 0 Å². The summed E-state index contributed by atoms with van der Waals surface area (Å²) < 4.78 is 0. The Hall–Kier alpha value is -1.49. The maximum atomic E-state index is 11.4. The van der Waals surface area contributed by atoms with Crippen LogP contribution in [0.4, 0.5) is 0 Å². The molecule has 5 nitrogen and oxygen atoms in total. The second-order valence-corrected chi connectivity index (χ2v) is 2.70. The van der Waals surface area contributed by atoms with Crippen LogP contribution in [0.25, 0.3) is 0 Å². The third kappa shape index (κ3) is 2.79. The zero-order chi connectivity index (χ0) is 9.68. The predicted octanol–water partition coefficient (Wildman–Crippen LogP) is -0.446. The number of carbonyl (C=O) groups is 1. The Morgan fingerprint density at radius 2 is 2.54 bits per heavy atom. The highest BCUT2D eigenvalue weighted by molar-refractivity contribution is 5.92. The minimum atomic E-state index is -0.222. The molecular weight excluding hydrogens is 168 g/mol. The van der Waals surface area contributed by atoms with E-state index >= 15 is 0 Å². The van der Waals surface area contributed by atoms with Crippen LogP contribution in [-0.4, -0.2) is 28.5 Å². The number of nitrogens with one attached hydrogen (secondary N) is 1. The summed E-state index contributed by atoms with van der Waals surface area (Å²) in [6.07, 6.45) is 2.86. The molecule has 1 amide bonds. The SMILES string of the molecule is C[C@H](CN)NC(=O)c1ccncn1. The van der Waals surface area contributed by atoms with Gasteiger partial charge in [-0.15, -0.1) is 0 Å². The Kier molecular flexibility index (Phi) is 3.33. The van der Waals surface area contributed by atoms with Crippen LogP contribution in [0.5, 0.6) is 0 Å². The molecule has 1 rings (SSSR count). The van der Waals surface area contributed by atoms with Crippen LogP contribution in [0.2, 0.25) is 0 Å². The average Bonchev–Trinajstić information content (AvgIpc) is 2.19. The maximum Gasteiger partial charge on any atom is 0.270 e. The molecule has 0 saturated carbocycles. The van der Waals surface area contributed by atoms with Gasteiger partial charge in [0.1, 0.15) is 12.0 Å². The van der Waals surface area contributed by atoms with Gasteiger partial charge in [0, 0.05) is 18.8 Å². The number of hydrogen-bond acceptors (Lipinski definition) is 4. The standard InChI is InChI=1S/C8H12N4O/c1-6(4-9)12-8(13)7-2-3-10-5-11-7/h2-3,5-6H,4,9H2,1H3,(H,12,13)/t6-/m1/s1. The van der Waals surface area contributed by atoms with E-state index in [9.17, 15) is 4.79 Å². The Bertz CT molecular complexity index is 275. The average molecular weight is 180 g/mol. The quantitative estimate of drug-likeness (QED) is 0.660. The van der Waals surface area contributed by atoms with E-state index in [4.69, 9.17) is 5.73 Å². The summed E-state index contributed by atoms with van der Waals surface area (Å²) in [5, 5.41) is 2.69. The number of nitrogens with zero attached hydrogens (tertiary/aromatic N) is 2. The van der Waals surface area contributed by atoms with Crippen molar-refractivity contribution in [1.82, 2.24) is 15.3 Å². The van der Waals surface area contributed by atoms with Crippen molar-refractivity contribution < 1.29 is 4.79 Å². The van der Waals surface area contributed by atoms with Crippen LogP contribution in [-0.2, 0) is 0 Å². The van der Waals surface area contributed by atoms with Gasteiger partial charge in [-0.2, -0.15) is 0 Å². The largest absolute Gasteiger partial charge is 0.347 e. The fraction of sp³-hybridized carbons (Fsp3) is 0.375. The Morgan fingerprint density at radius 3 is 3.08 bits per heavy atom. The molecule has 0 aliphatic rings. The molecule has 0 aromatic carbocycles. The topological polar surface area (TPSA) is 80.9 Å². The normalized spacial score (nSPS) is 12.2. The fourth-order valence-electron chi connectivity index (χ4n) is 0.782. The first kappa shape index (κ1) is 9.60. The van der Waals surface area contributed by atoms with E-state index in [2.05, 4.69) is 15.3 Å². The highest BCUT2D eigenvalue weighted by Gasteiger charge is 2.08. The molecule has 1 atom stereocenters. The highest BCUT2D eigenvalue weighted by atomic mass is 16.1. The number of amides is 1. The van der Waals surface area contributed by atoms with E-state index in [1.807, 2.05) is 6.92 Å². The molecule has 1 aromatic heterocycles. The molecule has 5 heteroatoms. The van der Waals surface area contributed by atoms with Gasteiger partial charge in [-0.25, -0.2) is 9.97 Å². The van der Waals surface area contributed by atoms with E-state index in [1.165, 1.54) is 12.5 Å². The van der Waals surface area contributed by atoms with Gasteiger partial charge >= 0.3 is 0 Å². The first-order valence-electron chi connectivity index (χ1n) is 4.01. The van der Waals surface area contributed by atoms with Crippen LogP contribution in [0.1, 0.15) is 17.4 Å². The lowest BCUT2D eigenvalue weighted by Gasteiger charge is -2.09. The molecule has 13 heavy (non-hydrogen) atoms. The van der Waals surface area contributed by atoms with E-state index in [0.29, 0.717) is 12.2 Å². The summed E-state index contributed by atoms with van der Waals surface area (Å²) in [4.78, 5) is 18.9. The van der Waals surface area contributed by atoms with Gasteiger partial charge in [-0.3, -0.25) is 4.79 Å². The lowest BCUT2D eigenvalue weighted by atomic mass is 10.3. The van der Waals surface area contributed by atoms with Crippen LogP contribution >= 0.6 is 0 Å². The molecule has 0 aliphatic heterocycles. The fourth-order valence-corrected chi connectivity index (χ4v) is 0.782. The first-order valence-corrected chi connectivity index (χ1v) is 4.01. The minimum absolute atomic E-state index is 0.0394. The summed E-state index contributed by atoms with van der Waals surface area (Å²) in [5.41, 5.74) is 5.71. The first-order chi connectivity index (χ1) is 6.24. The van der Waals surface area contributed by atoms with Crippen molar-refractivity contribution in [3.05, 3.63) is 24.3 Å². The number of carbonyl (C=O) groups excluding carboxylic acids is 1. The lowest BCUT2D eigenvalue weighted by Crippen LogP contribution is -2.38. The van der Waals surface area contributed by atoms with Gasteiger partial charge in [0.25, 0.3) is 5.91 Å². The van der Waals surface area contributed by atoms with Gasteiger partial charge in [0.15, 0.2) is 0 Å².